The Morgan fingerprint density at radius 1 is 1.17 bits per heavy atom. The topological polar surface area (TPSA) is 29.5 Å². The first-order chi connectivity index (χ1) is 11.2. The van der Waals surface area contributed by atoms with Crippen molar-refractivity contribution in [3.05, 3.63) is 65.5 Å². The van der Waals surface area contributed by atoms with E-state index >= 15 is 0 Å². The third-order valence-electron chi connectivity index (χ3n) is 4.36. The van der Waals surface area contributed by atoms with E-state index in [0.717, 1.165) is 37.1 Å². The minimum Gasteiger partial charge on any atom is -0.497 e. The van der Waals surface area contributed by atoms with E-state index in [4.69, 9.17) is 4.74 Å². The summed E-state index contributed by atoms with van der Waals surface area (Å²) in [5.74, 6) is 0.564. The molecule has 1 aliphatic heterocycles. The predicted octanol–water partition coefficient (Wildman–Crippen LogP) is 3.68. The Hall–Kier alpha value is -2.36. The van der Waals surface area contributed by atoms with E-state index in [0.29, 0.717) is 5.56 Å². The molecule has 2 aromatic carbocycles. The van der Waals surface area contributed by atoms with Crippen LogP contribution >= 0.6 is 0 Å². The van der Waals surface area contributed by atoms with Crippen molar-refractivity contribution in [1.29, 1.82) is 0 Å². The summed E-state index contributed by atoms with van der Waals surface area (Å²) in [6.07, 6.45) is 2.76. The Morgan fingerprint density at radius 3 is 2.52 bits per heavy atom. The van der Waals surface area contributed by atoms with Crippen molar-refractivity contribution in [2.75, 3.05) is 13.7 Å². The van der Waals surface area contributed by atoms with Gasteiger partial charge in [0, 0.05) is 18.2 Å². The average Bonchev–Trinajstić information content (AvgIpc) is 3.04. The van der Waals surface area contributed by atoms with Crippen molar-refractivity contribution in [3.8, 4) is 5.75 Å². The number of hydrogen-bond donors (Lipinski definition) is 0. The van der Waals surface area contributed by atoms with Gasteiger partial charge in [-0.05, 0) is 61.2 Å². The first kappa shape index (κ1) is 15.5. The lowest BCUT2D eigenvalue weighted by Crippen LogP contribution is -2.36. The molecule has 1 fully saturated rings. The molecular weight excluding hydrogens is 293 g/mol. The first-order valence-electron chi connectivity index (χ1n) is 7.87. The van der Waals surface area contributed by atoms with Crippen molar-refractivity contribution >= 4 is 5.91 Å². The molecule has 0 N–H and O–H groups in total. The third kappa shape index (κ3) is 3.52. The van der Waals surface area contributed by atoms with Crippen LogP contribution in [0, 0.1) is 5.82 Å². The summed E-state index contributed by atoms with van der Waals surface area (Å²) in [5.41, 5.74) is 1.74. The number of nitrogens with zero attached hydrogens (tertiary/aromatic N) is 1. The van der Waals surface area contributed by atoms with Crippen LogP contribution < -0.4 is 4.74 Å². The largest absolute Gasteiger partial charge is 0.497 e. The summed E-state index contributed by atoms with van der Waals surface area (Å²) in [5, 5.41) is 0. The Labute approximate surface area is 135 Å². The molecule has 0 spiro atoms. The van der Waals surface area contributed by atoms with Gasteiger partial charge in [-0.2, -0.15) is 0 Å². The van der Waals surface area contributed by atoms with Crippen LogP contribution in [0.2, 0.25) is 0 Å². The Balaban J connectivity index is 1.72. The maximum Gasteiger partial charge on any atom is 0.254 e. The number of benzene rings is 2. The summed E-state index contributed by atoms with van der Waals surface area (Å²) in [4.78, 5) is 14.7. The molecule has 1 amide bonds. The quantitative estimate of drug-likeness (QED) is 0.862. The summed E-state index contributed by atoms with van der Waals surface area (Å²) >= 11 is 0. The fourth-order valence-corrected chi connectivity index (χ4v) is 3.11. The number of halogens is 1. The number of amides is 1. The van der Waals surface area contributed by atoms with Gasteiger partial charge in [0.1, 0.15) is 11.6 Å². The van der Waals surface area contributed by atoms with Crippen LogP contribution in [-0.4, -0.2) is 30.5 Å². The summed E-state index contributed by atoms with van der Waals surface area (Å²) in [7, 11) is 1.61. The minimum atomic E-state index is -0.230. The fourth-order valence-electron chi connectivity index (χ4n) is 3.11. The van der Waals surface area contributed by atoms with E-state index in [1.807, 2.05) is 4.90 Å². The average molecular weight is 313 g/mol. The Bertz CT molecular complexity index is 667. The molecular formula is C19H20FNO2. The van der Waals surface area contributed by atoms with Crippen molar-refractivity contribution in [3.63, 3.8) is 0 Å². The molecule has 3 rings (SSSR count). The smallest absolute Gasteiger partial charge is 0.254 e. The van der Waals surface area contributed by atoms with E-state index in [2.05, 4.69) is 0 Å². The van der Waals surface area contributed by atoms with Gasteiger partial charge in [-0.1, -0.05) is 12.1 Å². The van der Waals surface area contributed by atoms with E-state index in [1.54, 1.807) is 43.5 Å². The molecule has 0 radical (unpaired) electrons. The third-order valence-corrected chi connectivity index (χ3v) is 4.36. The van der Waals surface area contributed by atoms with Gasteiger partial charge in [0.15, 0.2) is 0 Å². The molecule has 120 valence electrons. The molecule has 0 bridgehead atoms. The number of rotatable bonds is 4. The number of ether oxygens (including phenoxy) is 1. The van der Waals surface area contributed by atoms with E-state index in [1.165, 1.54) is 12.1 Å². The van der Waals surface area contributed by atoms with Crippen LogP contribution in [0.3, 0.4) is 0 Å². The maximum atomic E-state index is 13.0. The molecule has 23 heavy (non-hydrogen) atoms. The van der Waals surface area contributed by atoms with Gasteiger partial charge in [-0.3, -0.25) is 4.79 Å². The first-order valence-corrected chi connectivity index (χ1v) is 7.87. The highest BCUT2D eigenvalue weighted by molar-refractivity contribution is 5.94. The van der Waals surface area contributed by atoms with Gasteiger partial charge >= 0.3 is 0 Å². The van der Waals surface area contributed by atoms with Crippen LogP contribution in [0.15, 0.2) is 48.5 Å². The number of carbonyl (C=O) groups is 1. The van der Waals surface area contributed by atoms with Crippen LogP contribution in [-0.2, 0) is 6.42 Å². The van der Waals surface area contributed by atoms with Crippen LogP contribution in [0.5, 0.6) is 5.75 Å². The molecule has 0 saturated carbocycles. The Kier molecular flexibility index (Phi) is 4.60. The molecule has 1 unspecified atom stereocenters. The highest BCUT2D eigenvalue weighted by Crippen LogP contribution is 2.24. The lowest BCUT2D eigenvalue weighted by molar-refractivity contribution is 0.0736. The van der Waals surface area contributed by atoms with Gasteiger partial charge < -0.3 is 9.64 Å². The van der Waals surface area contributed by atoms with Gasteiger partial charge in [0.2, 0.25) is 0 Å². The zero-order valence-corrected chi connectivity index (χ0v) is 13.2. The molecule has 4 heteroatoms. The van der Waals surface area contributed by atoms with E-state index in [-0.39, 0.29) is 17.8 Å². The molecule has 1 heterocycles. The molecule has 0 aromatic heterocycles. The second-order valence-corrected chi connectivity index (χ2v) is 5.85. The standard InChI is InChI=1S/C19H20FNO2/c1-23-18-10-6-15(7-11-18)19(22)21-12-2-3-17(21)13-14-4-8-16(20)9-5-14/h4-11,17H,2-3,12-13H2,1H3. The number of hydrogen-bond acceptors (Lipinski definition) is 2. The fraction of sp³-hybridized carbons (Fsp3) is 0.316. The number of methoxy groups -OCH3 is 1. The zero-order chi connectivity index (χ0) is 16.2. The normalized spacial score (nSPS) is 17.3. The van der Waals surface area contributed by atoms with Gasteiger partial charge in [-0.25, -0.2) is 4.39 Å². The predicted molar refractivity (Wildman–Crippen MR) is 87.2 cm³/mol. The monoisotopic (exact) mass is 313 g/mol. The molecule has 1 aliphatic rings. The lowest BCUT2D eigenvalue weighted by Gasteiger charge is -2.25. The maximum absolute atomic E-state index is 13.0. The van der Waals surface area contributed by atoms with Gasteiger partial charge in [0.25, 0.3) is 5.91 Å². The van der Waals surface area contributed by atoms with Crippen molar-refractivity contribution in [2.45, 2.75) is 25.3 Å². The van der Waals surface area contributed by atoms with Crippen molar-refractivity contribution in [1.82, 2.24) is 4.90 Å². The van der Waals surface area contributed by atoms with Crippen LogP contribution in [0.1, 0.15) is 28.8 Å². The van der Waals surface area contributed by atoms with Crippen molar-refractivity contribution < 1.29 is 13.9 Å². The lowest BCUT2D eigenvalue weighted by atomic mass is 10.0. The SMILES string of the molecule is COc1ccc(C(=O)N2CCCC2Cc2ccc(F)cc2)cc1. The Morgan fingerprint density at radius 2 is 1.87 bits per heavy atom. The molecule has 1 saturated heterocycles. The van der Waals surface area contributed by atoms with Gasteiger partial charge in [0.05, 0.1) is 7.11 Å². The van der Waals surface area contributed by atoms with E-state index in [9.17, 15) is 9.18 Å². The van der Waals surface area contributed by atoms with Crippen LogP contribution in [0.4, 0.5) is 4.39 Å². The highest BCUT2D eigenvalue weighted by atomic mass is 19.1. The van der Waals surface area contributed by atoms with Crippen molar-refractivity contribution in [2.24, 2.45) is 0 Å². The second-order valence-electron chi connectivity index (χ2n) is 5.85. The van der Waals surface area contributed by atoms with Crippen LogP contribution in [0.25, 0.3) is 0 Å². The summed E-state index contributed by atoms with van der Waals surface area (Å²) in [6, 6.07) is 13.9. The highest BCUT2D eigenvalue weighted by Gasteiger charge is 2.29. The van der Waals surface area contributed by atoms with E-state index < -0.39 is 0 Å². The molecule has 1 atom stereocenters. The minimum absolute atomic E-state index is 0.0530. The molecule has 3 nitrogen and oxygen atoms in total. The second kappa shape index (κ2) is 6.82. The summed E-state index contributed by atoms with van der Waals surface area (Å²) < 4.78 is 18.1. The summed E-state index contributed by atoms with van der Waals surface area (Å²) in [6.45, 7) is 0.775. The molecule has 2 aromatic rings. The molecule has 0 aliphatic carbocycles. The zero-order valence-electron chi connectivity index (χ0n) is 13.2. The van der Waals surface area contributed by atoms with Gasteiger partial charge in [-0.15, -0.1) is 0 Å². The number of likely N-dealkylation sites (tertiary alicyclic amines) is 1. The number of carbonyl (C=O) groups excluding carboxylic acids is 1.